The Hall–Kier alpha value is -1.06. The predicted molar refractivity (Wildman–Crippen MR) is 142 cm³/mol. The monoisotopic (exact) mass is 480 g/mol. The lowest BCUT2D eigenvalue weighted by atomic mass is 9.79. The summed E-state index contributed by atoms with van der Waals surface area (Å²) in [6.07, 6.45) is 12.0. The standard InChI is InChI=1S/C30H56O4/c1-9-17-29(5,6)21-23(3)15-19-33-27(31)25-11-13-26(14-12-25)28(32)34-20-16-24(4)22-30(7,8)18-10-2/h23-26H,9-22H2,1-8H3. The van der Waals surface area contributed by atoms with E-state index in [1.165, 1.54) is 38.5 Å². The van der Waals surface area contributed by atoms with Crippen LogP contribution in [0.4, 0.5) is 0 Å². The first-order valence-electron chi connectivity index (χ1n) is 14.2. The molecule has 1 saturated carbocycles. The van der Waals surface area contributed by atoms with E-state index in [9.17, 15) is 9.59 Å². The van der Waals surface area contributed by atoms with Gasteiger partial charge in [0.2, 0.25) is 0 Å². The van der Waals surface area contributed by atoms with E-state index >= 15 is 0 Å². The molecule has 0 N–H and O–H groups in total. The van der Waals surface area contributed by atoms with E-state index in [1.54, 1.807) is 0 Å². The Labute approximate surface area is 211 Å². The number of rotatable bonds is 16. The van der Waals surface area contributed by atoms with Crippen molar-refractivity contribution in [2.24, 2.45) is 34.5 Å². The first kappa shape index (κ1) is 31.0. The molecule has 1 aliphatic rings. The maximum absolute atomic E-state index is 12.5. The van der Waals surface area contributed by atoms with Crippen molar-refractivity contribution in [3.05, 3.63) is 0 Å². The molecule has 0 aromatic heterocycles. The van der Waals surface area contributed by atoms with Gasteiger partial charge in [-0.15, -0.1) is 0 Å². The fraction of sp³-hybridized carbons (Fsp3) is 0.933. The van der Waals surface area contributed by atoms with Gasteiger partial charge in [-0.25, -0.2) is 0 Å². The van der Waals surface area contributed by atoms with Crippen molar-refractivity contribution in [2.45, 2.75) is 132 Å². The second-order valence-corrected chi connectivity index (χ2v) is 12.9. The van der Waals surface area contributed by atoms with Crippen LogP contribution in [0.15, 0.2) is 0 Å². The van der Waals surface area contributed by atoms with Crippen molar-refractivity contribution in [3.8, 4) is 0 Å². The average Bonchev–Trinajstić information content (AvgIpc) is 2.72. The van der Waals surface area contributed by atoms with Crippen LogP contribution in [-0.2, 0) is 19.1 Å². The molecule has 0 amide bonds. The molecule has 1 aliphatic carbocycles. The number of hydrogen-bond acceptors (Lipinski definition) is 4. The van der Waals surface area contributed by atoms with Gasteiger partial charge >= 0.3 is 11.9 Å². The van der Waals surface area contributed by atoms with E-state index in [4.69, 9.17) is 9.47 Å². The van der Waals surface area contributed by atoms with Crippen LogP contribution >= 0.6 is 0 Å². The Kier molecular flexibility index (Phi) is 13.8. The SMILES string of the molecule is CCCC(C)(C)CC(C)CCOC(=O)C1CCC(C(=O)OCCC(C)CC(C)(C)CCC)CC1. The highest BCUT2D eigenvalue weighted by atomic mass is 16.5. The average molecular weight is 481 g/mol. The molecule has 200 valence electrons. The minimum atomic E-state index is -0.0737. The van der Waals surface area contributed by atoms with Crippen molar-refractivity contribution in [1.29, 1.82) is 0 Å². The topological polar surface area (TPSA) is 52.6 Å². The normalized spacial score (nSPS) is 21.1. The van der Waals surface area contributed by atoms with Gasteiger partial charge in [0.15, 0.2) is 0 Å². The largest absolute Gasteiger partial charge is 0.465 e. The first-order valence-corrected chi connectivity index (χ1v) is 14.2. The second-order valence-electron chi connectivity index (χ2n) is 12.9. The Bertz CT molecular complexity index is 535. The molecule has 2 unspecified atom stereocenters. The maximum atomic E-state index is 12.5. The van der Waals surface area contributed by atoms with Crippen molar-refractivity contribution in [2.75, 3.05) is 13.2 Å². The smallest absolute Gasteiger partial charge is 0.308 e. The lowest BCUT2D eigenvalue weighted by Crippen LogP contribution is -2.29. The van der Waals surface area contributed by atoms with Crippen LogP contribution < -0.4 is 0 Å². The summed E-state index contributed by atoms with van der Waals surface area (Å²) in [5, 5.41) is 0. The summed E-state index contributed by atoms with van der Waals surface area (Å²) in [6, 6.07) is 0. The Morgan fingerprint density at radius 3 is 1.32 bits per heavy atom. The summed E-state index contributed by atoms with van der Waals surface area (Å²) in [4.78, 5) is 25.0. The molecule has 1 rings (SSSR count). The maximum Gasteiger partial charge on any atom is 0.308 e. The summed E-state index contributed by atoms with van der Waals surface area (Å²) in [7, 11) is 0. The van der Waals surface area contributed by atoms with Gasteiger partial charge in [0, 0.05) is 0 Å². The van der Waals surface area contributed by atoms with Crippen LogP contribution in [0.1, 0.15) is 132 Å². The lowest BCUT2D eigenvalue weighted by Gasteiger charge is -2.29. The molecule has 0 aromatic carbocycles. The fourth-order valence-corrected chi connectivity index (χ4v) is 6.17. The second kappa shape index (κ2) is 15.1. The van der Waals surface area contributed by atoms with Gasteiger partial charge in [-0.3, -0.25) is 9.59 Å². The van der Waals surface area contributed by atoms with Crippen molar-refractivity contribution in [3.63, 3.8) is 0 Å². The van der Waals surface area contributed by atoms with E-state index in [1.807, 2.05) is 0 Å². The molecule has 0 spiro atoms. The number of ether oxygens (including phenoxy) is 2. The van der Waals surface area contributed by atoms with Crippen LogP contribution in [0.5, 0.6) is 0 Å². The summed E-state index contributed by atoms with van der Waals surface area (Å²) in [6.45, 7) is 19.3. The van der Waals surface area contributed by atoms with Crippen LogP contribution in [0.2, 0.25) is 0 Å². The van der Waals surface area contributed by atoms with Crippen LogP contribution in [0.25, 0.3) is 0 Å². The quantitative estimate of drug-likeness (QED) is 0.208. The Morgan fingerprint density at radius 1 is 0.706 bits per heavy atom. The fourth-order valence-electron chi connectivity index (χ4n) is 6.17. The first-order chi connectivity index (χ1) is 15.9. The molecule has 1 fully saturated rings. The van der Waals surface area contributed by atoms with Gasteiger partial charge < -0.3 is 9.47 Å². The summed E-state index contributed by atoms with van der Waals surface area (Å²) in [5.41, 5.74) is 0.712. The minimum Gasteiger partial charge on any atom is -0.465 e. The van der Waals surface area contributed by atoms with Gasteiger partial charge in [0.1, 0.15) is 0 Å². The van der Waals surface area contributed by atoms with Crippen molar-refractivity contribution in [1.82, 2.24) is 0 Å². The molecule has 0 radical (unpaired) electrons. The highest BCUT2D eigenvalue weighted by molar-refractivity contribution is 5.75. The van der Waals surface area contributed by atoms with Gasteiger partial charge in [-0.1, -0.05) is 68.2 Å². The zero-order chi connectivity index (χ0) is 25.8. The molecular formula is C30H56O4. The molecule has 4 nitrogen and oxygen atoms in total. The zero-order valence-electron chi connectivity index (χ0n) is 23.8. The lowest BCUT2D eigenvalue weighted by molar-refractivity contribution is -0.155. The zero-order valence-corrected chi connectivity index (χ0v) is 23.8. The molecular weight excluding hydrogens is 424 g/mol. The Balaban J connectivity index is 2.24. The minimum absolute atomic E-state index is 0.0586. The van der Waals surface area contributed by atoms with Gasteiger partial charge in [0.05, 0.1) is 25.0 Å². The van der Waals surface area contributed by atoms with Crippen LogP contribution in [-0.4, -0.2) is 25.2 Å². The highest BCUT2D eigenvalue weighted by Crippen LogP contribution is 2.34. The van der Waals surface area contributed by atoms with Crippen LogP contribution in [0, 0.1) is 34.5 Å². The van der Waals surface area contributed by atoms with E-state index in [-0.39, 0.29) is 23.8 Å². The summed E-state index contributed by atoms with van der Waals surface area (Å²) < 4.78 is 11.2. The van der Waals surface area contributed by atoms with Gasteiger partial charge in [-0.05, 0) is 86.9 Å². The molecule has 2 atom stereocenters. The molecule has 0 heterocycles. The van der Waals surface area contributed by atoms with Crippen molar-refractivity contribution < 1.29 is 19.1 Å². The summed E-state index contributed by atoms with van der Waals surface area (Å²) >= 11 is 0. The number of carbonyl (C=O) groups is 2. The molecule has 0 aliphatic heterocycles. The predicted octanol–water partition coefficient (Wildman–Crippen LogP) is 8.36. The molecule has 0 saturated heterocycles. The Morgan fingerprint density at radius 2 is 1.03 bits per heavy atom. The van der Waals surface area contributed by atoms with E-state index in [2.05, 4.69) is 55.4 Å². The molecule has 4 heteroatoms. The molecule has 0 bridgehead atoms. The third-order valence-corrected chi connectivity index (χ3v) is 7.76. The van der Waals surface area contributed by atoms with Gasteiger partial charge in [0.25, 0.3) is 0 Å². The van der Waals surface area contributed by atoms with Crippen molar-refractivity contribution >= 4 is 11.9 Å². The third kappa shape index (κ3) is 12.6. The number of carbonyl (C=O) groups excluding carboxylic acids is 2. The third-order valence-electron chi connectivity index (χ3n) is 7.76. The van der Waals surface area contributed by atoms with E-state index < -0.39 is 0 Å². The van der Waals surface area contributed by atoms with Crippen LogP contribution in [0.3, 0.4) is 0 Å². The highest BCUT2D eigenvalue weighted by Gasteiger charge is 2.32. The molecule has 34 heavy (non-hydrogen) atoms. The molecule has 0 aromatic rings. The van der Waals surface area contributed by atoms with Gasteiger partial charge in [-0.2, -0.15) is 0 Å². The summed E-state index contributed by atoms with van der Waals surface area (Å²) in [5.74, 6) is 0.847. The number of esters is 2. The van der Waals surface area contributed by atoms with E-state index in [0.717, 1.165) is 38.5 Å². The van der Waals surface area contributed by atoms with E-state index in [0.29, 0.717) is 35.9 Å². The number of hydrogen-bond donors (Lipinski definition) is 0.